The average Bonchev–Trinajstić information content (AvgIpc) is 2.96. The first-order valence-corrected chi connectivity index (χ1v) is 11.7. The Balaban J connectivity index is 1.45. The van der Waals surface area contributed by atoms with Crippen molar-refractivity contribution in [3.8, 4) is 5.75 Å². The Labute approximate surface area is 182 Å². The number of ether oxygens (including phenoxy) is 1. The SMILES string of the molecule is C=CCN(C)CCCCOc1ccc2c(c1)CCN2C(=S)NC1CCCCCC1. The number of fused-ring (bicyclic) bond motifs is 1. The third kappa shape index (κ3) is 6.71. The van der Waals surface area contributed by atoms with E-state index in [9.17, 15) is 0 Å². The smallest absolute Gasteiger partial charge is 0.173 e. The highest BCUT2D eigenvalue weighted by Gasteiger charge is 2.24. The lowest BCUT2D eigenvalue weighted by Crippen LogP contribution is -2.44. The van der Waals surface area contributed by atoms with E-state index in [0.29, 0.717) is 6.04 Å². The fourth-order valence-electron chi connectivity index (χ4n) is 4.34. The van der Waals surface area contributed by atoms with E-state index in [1.165, 1.54) is 49.8 Å². The second kappa shape index (κ2) is 11.6. The van der Waals surface area contributed by atoms with Crippen molar-refractivity contribution in [3.05, 3.63) is 36.4 Å². The molecule has 0 amide bonds. The van der Waals surface area contributed by atoms with E-state index in [0.717, 1.165) is 56.4 Å². The van der Waals surface area contributed by atoms with Crippen LogP contribution in [-0.2, 0) is 6.42 Å². The molecule has 160 valence electrons. The molecule has 5 heteroatoms. The van der Waals surface area contributed by atoms with E-state index in [-0.39, 0.29) is 0 Å². The predicted octanol–water partition coefficient (Wildman–Crippen LogP) is 4.92. The normalized spacial score (nSPS) is 17.1. The molecule has 1 N–H and O–H groups in total. The largest absolute Gasteiger partial charge is 0.494 e. The zero-order valence-corrected chi connectivity index (χ0v) is 18.8. The number of nitrogens with zero attached hydrogens (tertiary/aromatic N) is 2. The van der Waals surface area contributed by atoms with Crippen LogP contribution >= 0.6 is 12.2 Å². The topological polar surface area (TPSA) is 27.7 Å². The molecule has 0 aromatic heterocycles. The zero-order chi connectivity index (χ0) is 20.5. The molecule has 1 saturated carbocycles. The molecule has 2 aliphatic rings. The van der Waals surface area contributed by atoms with Crippen LogP contribution in [0.3, 0.4) is 0 Å². The summed E-state index contributed by atoms with van der Waals surface area (Å²) in [5.74, 6) is 0.979. The Kier molecular flexibility index (Phi) is 8.81. The molecule has 1 aromatic carbocycles. The lowest BCUT2D eigenvalue weighted by molar-refractivity contribution is 0.287. The summed E-state index contributed by atoms with van der Waals surface area (Å²) in [4.78, 5) is 4.55. The summed E-state index contributed by atoms with van der Waals surface area (Å²) < 4.78 is 6.00. The lowest BCUT2D eigenvalue weighted by Gasteiger charge is -2.26. The first-order valence-electron chi connectivity index (χ1n) is 11.3. The fraction of sp³-hybridized carbons (Fsp3) is 0.625. The zero-order valence-electron chi connectivity index (χ0n) is 18.0. The van der Waals surface area contributed by atoms with E-state index >= 15 is 0 Å². The third-order valence-electron chi connectivity index (χ3n) is 6.02. The second-order valence-corrected chi connectivity index (χ2v) is 8.82. The molecule has 1 fully saturated rings. The number of rotatable bonds is 9. The molecule has 4 nitrogen and oxygen atoms in total. The van der Waals surface area contributed by atoms with Crippen molar-refractivity contribution in [1.29, 1.82) is 0 Å². The summed E-state index contributed by atoms with van der Waals surface area (Å²) in [5.41, 5.74) is 2.59. The molecule has 0 spiro atoms. The first-order chi connectivity index (χ1) is 14.2. The standard InChI is InChI=1S/C24H37N3OS/c1-3-15-26(2)16-8-9-18-28-22-12-13-23-20(19-22)14-17-27(23)24(29)25-21-10-6-4-5-7-11-21/h3,12-13,19,21H,1,4-11,14-18H2,2H3,(H,25,29). The maximum absolute atomic E-state index is 6.00. The highest BCUT2D eigenvalue weighted by Crippen LogP contribution is 2.32. The van der Waals surface area contributed by atoms with Gasteiger partial charge in [0.05, 0.1) is 6.61 Å². The van der Waals surface area contributed by atoms with Crippen LogP contribution in [0.4, 0.5) is 5.69 Å². The van der Waals surface area contributed by atoms with Gasteiger partial charge in [-0.2, -0.15) is 0 Å². The monoisotopic (exact) mass is 415 g/mol. The maximum atomic E-state index is 6.00. The summed E-state index contributed by atoms with van der Waals surface area (Å²) in [5, 5.41) is 4.53. The molecule has 1 aliphatic heterocycles. The van der Waals surface area contributed by atoms with E-state index < -0.39 is 0 Å². The van der Waals surface area contributed by atoms with Gasteiger partial charge in [-0.3, -0.25) is 0 Å². The van der Waals surface area contributed by atoms with Gasteiger partial charge < -0.3 is 19.9 Å². The Morgan fingerprint density at radius 1 is 1.28 bits per heavy atom. The number of benzene rings is 1. The van der Waals surface area contributed by atoms with Crippen LogP contribution in [0.5, 0.6) is 5.75 Å². The summed E-state index contributed by atoms with van der Waals surface area (Å²) in [7, 11) is 2.13. The van der Waals surface area contributed by atoms with Crippen LogP contribution in [0.2, 0.25) is 0 Å². The number of unbranched alkanes of at least 4 members (excludes halogenated alkanes) is 1. The van der Waals surface area contributed by atoms with Gasteiger partial charge in [-0.05, 0) is 81.7 Å². The fourth-order valence-corrected chi connectivity index (χ4v) is 4.70. The first kappa shape index (κ1) is 22.1. The molecule has 0 radical (unpaired) electrons. The van der Waals surface area contributed by atoms with Crippen LogP contribution < -0.4 is 15.0 Å². The molecule has 1 aliphatic carbocycles. The van der Waals surface area contributed by atoms with Gasteiger partial charge in [0, 0.05) is 24.8 Å². The van der Waals surface area contributed by atoms with E-state index in [4.69, 9.17) is 17.0 Å². The number of hydrogen-bond acceptors (Lipinski definition) is 3. The second-order valence-electron chi connectivity index (χ2n) is 8.44. The van der Waals surface area contributed by atoms with Gasteiger partial charge in [0.1, 0.15) is 5.75 Å². The molecule has 29 heavy (non-hydrogen) atoms. The molecule has 0 atom stereocenters. The molecule has 0 saturated heterocycles. The van der Waals surface area contributed by atoms with Gasteiger partial charge in [-0.15, -0.1) is 6.58 Å². The molecule has 0 bridgehead atoms. The minimum atomic E-state index is 0.544. The lowest BCUT2D eigenvalue weighted by atomic mass is 10.1. The average molecular weight is 416 g/mol. The minimum absolute atomic E-state index is 0.544. The Bertz CT molecular complexity index is 670. The minimum Gasteiger partial charge on any atom is -0.494 e. The van der Waals surface area contributed by atoms with Crippen LogP contribution in [-0.4, -0.2) is 49.3 Å². The number of hydrogen-bond donors (Lipinski definition) is 1. The van der Waals surface area contributed by atoms with E-state index in [2.05, 4.69) is 46.9 Å². The van der Waals surface area contributed by atoms with Crippen LogP contribution in [0.15, 0.2) is 30.9 Å². The maximum Gasteiger partial charge on any atom is 0.173 e. The van der Waals surface area contributed by atoms with Crippen molar-refractivity contribution in [2.75, 3.05) is 38.2 Å². The highest BCUT2D eigenvalue weighted by atomic mass is 32.1. The molecule has 1 aromatic rings. The van der Waals surface area contributed by atoms with Gasteiger partial charge in [0.15, 0.2) is 5.11 Å². The van der Waals surface area contributed by atoms with Gasteiger partial charge in [0.2, 0.25) is 0 Å². The van der Waals surface area contributed by atoms with Crippen LogP contribution in [0.1, 0.15) is 56.9 Å². The van der Waals surface area contributed by atoms with Crippen LogP contribution in [0, 0.1) is 0 Å². The van der Waals surface area contributed by atoms with Gasteiger partial charge in [-0.1, -0.05) is 31.8 Å². The Hall–Kier alpha value is -1.59. The summed E-state index contributed by atoms with van der Waals surface area (Å²) in [6.07, 6.45) is 13.1. The van der Waals surface area contributed by atoms with Crippen molar-refractivity contribution in [1.82, 2.24) is 10.2 Å². The van der Waals surface area contributed by atoms with E-state index in [1.54, 1.807) is 0 Å². The summed E-state index contributed by atoms with van der Waals surface area (Å²) in [6.45, 7) is 7.54. The Morgan fingerprint density at radius 3 is 2.83 bits per heavy atom. The van der Waals surface area contributed by atoms with E-state index in [1.807, 2.05) is 6.08 Å². The molecular weight excluding hydrogens is 378 g/mol. The molecule has 1 heterocycles. The van der Waals surface area contributed by atoms with Crippen LogP contribution in [0.25, 0.3) is 0 Å². The van der Waals surface area contributed by atoms with Crippen molar-refractivity contribution in [2.24, 2.45) is 0 Å². The molecule has 0 unspecified atom stereocenters. The van der Waals surface area contributed by atoms with Gasteiger partial charge in [-0.25, -0.2) is 0 Å². The molecular formula is C24H37N3OS. The number of likely N-dealkylation sites (N-methyl/N-ethyl adjacent to an activating group) is 1. The number of anilines is 1. The summed E-state index contributed by atoms with van der Waals surface area (Å²) in [6, 6.07) is 7.02. The number of thiocarbonyl (C=S) groups is 1. The van der Waals surface area contributed by atoms with Crippen molar-refractivity contribution < 1.29 is 4.74 Å². The number of nitrogens with one attached hydrogen (secondary N) is 1. The third-order valence-corrected chi connectivity index (χ3v) is 6.36. The van der Waals surface area contributed by atoms with Crippen molar-refractivity contribution >= 4 is 23.0 Å². The Morgan fingerprint density at radius 2 is 2.07 bits per heavy atom. The van der Waals surface area contributed by atoms with Gasteiger partial charge >= 0.3 is 0 Å². The van der Waals surface area contributed by atoms with Crippen molar-refractivity contribution in [3.63, 3.8) is 0 Å². The quantitative estimate of drug-likeness (QED) is 0.267. The van der Waals surface area contributed by atoms with Gasteiger partial charge in [0.25, 0.3) is 0 Å². The molecule has 3 rings (SSSR count). The highest BCUT2D eigenvalue weighted by molar-refractivity contribution is 7.80. The predicted molar refractivity (Wildman–Crippen MR) is 127 cm³/mol. The van der Waals surface area contributed by atoms with Crippen molar-refractivity contribution in [2.45, 2.75) is 63.8 Å². The summed E-state index contributed by atoms with van der Waals surface area (Å²) >= 11 is 5.76.